The first-order valence-corrected chi connectivity index (χ1v) is 6.96. The van der Waals surface area contributed by atoms with Crippen molar-refractivity contribution in [2.75, 3.05) is 11.1 Å². The highest BCUT2D eigenvalue weighted by molar-refractivity contribution is 7.99. The molecule has 104 valence electrons. The van der Waals surface area contributed by atoms with Crippen molar-refractivity contribution in [3.8, 4) is 0 Å². The number of thioether (sulfide) groups is 1. The zero-order chi connectivity index (χ0) is 14.5. The third-order valence-electron chi connectivity index (χ3n) is 2.47. The van der Waals surface area contributed by atoms with Gasteiger partial charge in [-0.2, -0.15) is 10.1 Å². The van der Waals surface area contributed by atoms with Gasteiger partial charge in [-0.1, -0.05) is 23.9 Å². The van der Waals surface area contributed by atoms with Crippen LogP contribution in [0.25, 0.3) is 0 Å². The van der Waals surface area contributed by atoms with E-state index in [9.17, 15) is 9.59 Å². The zero-order valence-electron chi connectivity index (χ0n) is 11.1. The highest BCUT2D eigenvalue weighted by Crippen LogP contribution is 2.13. The van der Waals surface area contributed by atoms with Crippen molar-refractivity contribution in [3.05, 3.63) is 45.9 Å². The topological polar surface area (TPSA) is 87.7 Å². The second kappa shape index (κ2) is 6.33. The van der Waals surface area contributed by atoms with Gasteiger partial charge < -0.3 is 5.32 Å². The van der Waals surface area contributed by atoms with Crippen LogP contribution in [0.1, 0.15) is 11.3 Å². The molecule has 1 aromatic heterocycles. The molecular formula is C13H14N4O2S. The van der Waals surface area contributed by atoms with E-state index in [-0.39, 0.29) is 17.2 Å². The summed E-state index contributed by atoms with van der Waals surface area (Å²) in [5.74, 6) is -0.00874. The predicted octanol–water partition coefficient (Wildman–Crippen LogP) is 1.51. The number of hydrogen-bond donors (Lipinski definition) is 2. The van der Waals surface area contributed by atoms with Crippen molar-refractivity contribution in [1.82, 2.24) is 15.2 Å². The van der Waals surface area contributed by atoms with Crippen LogP contribution in [0.15, 0.2) is 34.2 Å². The summed E-state index contributed by atoms with van der Waals surface area (Å²) in [6.07, 6.45) is 0. The molecule has 20 heavy (non-hydrogen) atoms. The summed E-state index contributed by atoms with van der Waals surface area (Å²) in [4.78, 5) is 26.9. The van der Waals surface area contributed by atoms with E-state index in [0.717, 1.165) is 23.0 Å². The standard InChI is InChI=1S/C13H14N4O2S/c1-8-4-3-5-10(6-8)14-11(18)7-20-13-15-12(19)9(2)16-17-13/h3-6H,7H2,1-2H3,(H,14,18)(H,15,17,19). The molecule has 7 heteroatoms. The number of nitrogens with one attached hydrogen (secondary N) is 2. The summed E-state index contributed by atoms with van der Waals surface area (Å²) < 4.78 is 0. The smallest absolute Gasteiger partial charge is 0.295 e. The predicted molar refractivity (Wildman–Crippen MR) is 77.9 cm³/mol. The molecule has 0 aliphatic carbocycles. The van der Waals surface area contributed by atoms with Crippen LogP contribution in [0.4, 0.5) is 5.69 Å². The molecule has 2 aromatic rings. The van der Waals surface area contributed by atoms with E-state index in [1.165, 1.54) is 0 Å². The minimum atomic E-state index is -0.384. The number of aromatic amines is 1. The second-order valence-electron chi connectivity index (χ2n) is 4.24. The van der Waals surface area contributed by atoms with E-state index in [0.29, 0.717) is 10.9 Å². The first-order valence-electron chi connectivity index (χ1n) is 5.97. The quantitative estimate of drug-likeness (QED) is 0.833. The molecule has 0 fully saturated rings. The molecule has 0 saturated heterocycles. The van der Waals surface area contributed by atoms with Gasteiger partial charge in [-0.05, 0) is 31.5 Å². The van der Waals surface area contributed by atoms with Crippen LogP contribution in [0.5, 0.6) is 0 Å². The SMILES string of the molecule is Cc1cccc(NC(=O)CSc2nc(=O)c(C)n[nH]2)c1. The number of H-pyrrole nitrogens is 1. The number of nitrogens with zero attached hydrogens (tertiary/aromatic N) is 2. The lowest BCUT2D eigenvalue weighted by atomic mass is 10.2. The lowest BCUT2D eigenvalue weighted by Gasteiger charge is -2.05. The van der Waals surface area contributed by atoms with Crippen molar-refractivity contribution in [2.24, 2.45) is 0 Å². The maximum atomic E-state index is 11.8. The van der Waals surface area contributed by atoms with E-state index >= 15 is 0 Å². The van der Waals surface area contributed by atoms with Crippen LogP contribution in [0.2, 0.25) is 0 Å². The van der Waals surface area contributed by atoms with Gasteiger partial charge in [-0.25, -0.2) is 0 Å². The van der Waals surface area contributed by atoms with Crippen molar-refractivity contribution in [2.45, 2.75) is 19.0 Å². The van der Waals surface area contributed by atoms with Gasteiger partial charge in [0.25, 0.3) is 5.56 Å². The highest BCUT2D eigenvalue weighted by Gasteiger charge is 2.06. The zero-order valence-corrected chi connectivity index (χ0v) is 12.0. The maximum absolute atomic E-state index is 11.8. The fraction of sp³-hybridized carbons (Fsp3) is 0.231. The summed E-state index contributed by atoms with van der Waals surface area (Å²) in [6, 6.07) is 7.54. The van der Waals surface area contributed by atoms with E-state index < -0.39 is 0 Å². The third kappa shape index (κ3) is 3.92. The Morgan fingerprint density at radius 1 is 1.40 bits per heavy atom. The minimum Gasteiger partial charge on any atom is -0.325 e. The van der Waals surface area contributed by atoms with Gasteiger partial charge in [0, 0.05) is 5.69 Å². The average Bonchev–Trinajstić information content (AvgIpc) is 2.40. The Morgan fingerprint density at radius 2 is 2.20 bits per heavy atom. The Kier molecular flexibility index (Phi) is 4.52. The summed E-state index contributed by atoms with van der Waals surface area (Å²) >= 11 is 1.13. The Morgan fingerprint density at radius 3 is 2.90 bits per heavy atom. The molecule has 1 amide bonds. The average molecular weight is 290 g/mol. The van der Waals surface area contributed by atoms with Crippen LogP contribution in [-0.4, -0.2) is 26.8 Å². The molecule has 0 aliphatic heterocycles. The molecule has 0 spiro atoms. The normalized spacial score (nSPS) is 10.3. The van der Waals surface area contributed by atoms with Crippen LogP contribution in [-0.2, 0) is 4.79 Å². The summed E-state index contributed by atoms with van der Waals surface area (Å²) in [6.45, 7) is 3.53. The van der Waals surface area contributed by atoms with Gasteiger partial charge in [-0.3, -0.25) is 14.7 Å². The molecule has 6 nitrogen and oxygen atoms in total. The molecule has 0 atom stereocenters. The number of hydrogen-bond acceptors (Lipinski definition) is 5. The van der Waals surface area contributed by atoms with Crippen LogP contribution in [0, 0.1) is 13.8 Å². The molecule has 0 bridgehead atoms. The van der Waals surface area contributed by atoms with E-state index in [4.69, 9.17) is 0 Å². The fourth-order valence-electron chi connectivity index (χ4n) is 1.50. The van der Waals surface area contributed by atoms with Crippen LogP contribution in [0.3, 0.4) is 0 Å². The molecular weight excluding hydrogens is 276 g/mol. The number of carbonyl (C=O) groups excluding carboxylic acids is 1. The van der Waals surface area contributed by atoms with E-state index in [1.807, 2.05) is 31.2 Å². The molecule has 2 rings (SSSR count). The van der Waals surface area contributed by atoms with E-state index in [2.05, 4.69) is 20.5 Å². The largest absolute Gasteiger partial charge is 0.325 e. The van der Waals surface area contributed by atoms with Crippen LogP contribution < -0.4 is 10.9 Å². The van der Waals surface area contributed by atoms with Gasteiger partial charge >= 0.3 is 0 Å². The van der Waals surface area contributed by atoms with Gasteiger partial charge in [0.1, 0.15) is 5.69 Å². The Labute approximate surface area is 120 Å². The number of rotatable bonds is 4. The van der Waals surface area contributed by atoms with Crippen molar-refractivity contribution in [1.29, 1.82) is 0 Å². The Bertz CT molecular complexity index is 684. The first-order chi connectivity index (χ1) is 9.54. The molecule has 0 unspecified atom stereocenters. The van der Waals surface area contributed by atoms with Crippen molar-refractivity contribution >= 4 is 23.4 Å². The molecule has 0 saturated carbocycles. The van der Waals surface area contributed by atoms with Crippen molar-refractivity contribution in [3.63, 3.8) is 0 Å². The fourth-order valence-corrected chi connectivity index (χ4v) is 2.09. The Balaban J connectivity index is 1.92. The Hall–Kier alpha value is -2.15. The maximum Gasteiger partial charge on any atom is 0.295 e. The van der Waals surface area contributed by atoms with Gasteiger partial charge in [0.05, 0.1) is 5.75 Å². The lowest BCUT2D eigenvalue weighted by Crippen LogP contribution is -2.17. The highest BCUT2D eigenvalue weighted by atomic mass is 32.2. The van der Waals surface area contributed by atoms with Crippen LogP contribution >= 0.6 is 11.8 Å². The summed E-state index contributed by atoms with van der Waals surface area (Å²) in [5.41, 5.74) is 1.74. The minimum absolute atomic E-state index is 0.154. The van der Waals surface area contributed by atoms with Gasteiger partial charge in [-0.15, -0.1) is 0 Å². The van der Waals surface area contributed by atoms with E-state index in [1.54, 1.807) is 6.92 Å². The monoisotopic (exact) mass is 290 g/mol. The lowest BCUT2D eigenvalue weighted by molar-refractivity contribution is -0.113. The van der Waals surface area contributed by atoms with Crippen molar-refractivity contribution < 1.29 is 4.79 Å². The molecule has 0 radical (unpaired) electrons. The number of aromatic nitrogens is 3. The molecule has 2 N–H and O–H groups in total. The first kappa shape index (κ1) is 14.3. The number of amides is 1. The molecule has 1 heterocycles. The summed E-state index contributed by atoms with van der Waals surface area (Å²) in [7, 11) is 0. The number of aryl methyl sites for hydroxylation is 2. The molecule has 0 aliphatic rings. The summed E-state index contributed by atoms with van der Waals surface area (Å²) in [5, 5.41) is 9.54. The second-order valence-corrected chi connectivity index (χ2v) is 5.20. The molecule has 1 aromatic carbocycles. The number of benzene rings is 1. The van der Waals surface area contributed by atoms with Gasteiger partial charge in [0.15, 0.2) is 5.16 Å². The van der Waals surface area contributed by atoms with Gasteiger partial charge in [0.2, 0.25) is 5.91 Å². The number of carbonyl (C=O) groups is 1. The number of anilines is 1. The third-order valence-corrected chi connectivity index (χ3v) is 3.34.